The van der Waals surface area contributed by atoms with Gasteiger partial charge in [-0.25, -0.2) is 13.1 Å². The largest absolute Gasteiger partial charge is 0.391 e. The highest BCUT2D eigenvalue weighted by Gasteiger charge is 2.42. The van der Waals surface area contributed by atoms with Crippen molar-refractivity contribution in [3.63, 3.8) is 0 Å². The highest BCUT2D eigenvalue weighted by Crippen LogP contribution is 2.46. The van der Waals surface area contributed by atoms with Gasteiger partial charge in [0.2, 0.25) is 10.0 Å². The van der Waals surface area contributed by atoms with Crippen molar-refractivity contribution in [2.45, 2.75) is 36.0 Å². The van der Waals surface area contributed by atoms with Gasteiger partial charge >= 0.3 is 0 Å². The highest BCUT2D eigenvalue weighted by molar-refractivity contribution is 8.00. The number of hydrogen-bond acceptors (Lipinski definition) is 5. The first-order chi connectivity index (χ1) is 8.44. The van der Waals surface area contributed by atoms with Crippen molar-refractivity contribution in [2.24, 2.45) is 0 Å². The molecule has 2 rings (SSSR count). The normalized spacial score (nSPS) is 17.9. The van der Waals surface area contributed by atoms with Crippen molar-refractivity contribution in [1.82, 2.24) is 4.72 Å². The second-order valence-electron chi connectivity index (χ2n) is 4.54. The van der Waals surface area contributed by atoms with Gasteiger partial charge in [-0.1, -0.05) is 0 Å². The van der Waals surface area contributed by atoms with E-state index in [0.29, 0.717) is 17.0 Å². The van der Waals surface area contributed by atoms with Crippen LogP contribution in [0.25, 0.3) is 0 Å². The Morgan fingerprint density at radius 3 is 2.72 bits per heavy atom. The Kier molecular flexibility index (Phi) is 4.08. The summed E-state index contributed by atoms with van der Waals surface area (Å²) in [6.45, 7) is 1.99. The van der Waals surface area contributed by atoms with Crippen molar-refractivity contribution < 1.29 is 13.5 Å². The predicted octanol–water partition coefficient (Wildman–Crippen LogP) is 1.72. The molecule has 0 bridgehead atoms. The molecule has 1 fully saturated rings. The Labute approximate surface area is 116 Å². The fourth-order valence-corrected chi connectivity index (χ4v) is 5.45. The van der Waals surface area contributed by atoms with Crippen LogP contribution in [0.15, 0.2) is 10.3 Å². The van der Waals surface area contributed by atoms with Crippen molar-refractivity contribution in [1.29, 1.82) is 0 Å². The molecule has 102 valence electrons. The molecule has 18 heavy (non-hydrogen) atoms. The highest BCUT2D eigenvalue weighted by atomic mass is 32.2. The van der Waals surface area contributed by atoms with Gasteiger partial charge in [0.25, 0.3) is 0 Å². The summed E-state index contributed by atoms with van der Waals surface area (Å²) in [5, 5.41) is 11.0. The van der Waals surface area contributed by atoms with Crippen molar-refractivity contribution in [3.05, 3.63) is 15.8 Å². The molecule has 1 heterocycles. The first-order valence-corrected chi connectivity index (χ1v) is 9.25. The zero-order valence-electron chi connectivity index (χ0n) is 10.4. The Morgan fingerprint density at radius 2 is 2.22 bits per heavy atom. The quantitative estimate of drug-likeness (QED) is 0.840. The van der Waals surface area contributed by atoms with E-state index in [1.165, 1.54) is 11.3 Å². The number of aliphatic hydroxyl groups is 1. The number of aliphatic hydroxyl groups excluding tert-OH is 1. The van der Waals surface area contributed by atoms with Gasteiger partial charge in [0.15, 0.2) is 0 Å². The fraction of sp³-hybridized carbons (Fsp3) is 0.636. The van der Waals surface area contributed by atoms with Crippen LogP contribution < -0.4 is 4.72 Å². The Morgan fingerprint density at radius 1 is 1.56 bits per heavy atom. The number of sulfonamides is 1. The van der Waals surface area contributed by atoms with E-state index in [2.05, 4.69) is 4.72 Å². The summed E-state index contributed by atoms with van der Waals surface area (Å²) in [7, 11) is -3.51. The van der Waals surface area contributed by atoms with Crippen LogP contribution in [0.2, 0.25) is 0 Å². The summed E-state index contributed by atoms with van der Waals surface area (Å²) < 4.78 is 27.3. The van der Waals surface area contributed by atoms with Crippen LogP contribution in [-0.2, 0) is 16.6 Å². The SMILES string of the molecule is CSC1(CNS(=O)(=O)c2c(C)csc2CO)CC1. The van der Waals surface area contributed by atoms with Gasteiger partial charge in [-0.15, -0.1) is 11.3 Å². The van der Waals surface area contributed by atoms with Crippen molar-refractivity contribution >= 4 is 33.1 Å². The molecule has 0 saturated heterocycles. The van der Waals surface area contributed by atoms with E-state index in [-0.39, 0.29) is 16.2 Å². The smallest absolute Gasteiger partial charge is 0.242 e. The van der Waals surface area contributed by atoms with Gasteiger partial charge in [0.05, 0.1) is 11.5 Å². The van der Waals surface area contributed by atoms with E-state index in [9.17, 15) is 13.5 Å². The van der Waals surface area contributed by atoms with Gasteiger partial charge in [-0.05, 0) is 37.0 Å². The van der Waals surface area contributed by atoms with Crippen LogP contribution in [0.3, 0.4) is 0 Å². The summed E-state index contributed by atoms with van der Waals surface area (Å²) in [5.41, 5.74) is 0.700. The van der Waals surface area contributed by atoms with Crippen molar-refractivity contribution in [2.75, 3.05) is 12.8 Å². The summed E-state index contributed by atoms with van der Waals surface area (Å²) in [6.07, 6.45) is 4.13. The average molecular weight is 307 g/mol. The maximum Gasteiger partial charge on any atom is 0.242 e. The van der Waals surface area contributed by atoms with E-state index in [0.717, 1.165) is 12.8 Å². The molecule has 0 radical (unpaired) electrons. The minimum absolute atomic E-state index is 0.0936. The summed E-state index contributed by atoms with van der Waals surface area (Å²) in [4.78, 5) is 0.765. The zero-order valence-corrected chi connectivity index (χ0v) is 12.8. The molecule has 0 spiro atoms. The minimum Gasteiger partial charge on any atom is -0.391 e. The van der Waals surface area contributed by atoms with Crippen LogP contribution in [-0.4, -0.2) is 31.1 Å². The molecule has 1 saturated carbocycles. The lowest BCUT2D eigenvalue weighted by atomic mass is 10.3. The topological polar surface area (TPSA) is 66.4 Å². The lowest BCUT2D eigenvalue weighted by Gasteiger charge is -2.14. The molecule has 0 unspecified atom stereocenters. The zero-order chi connectivity index (χ0) is 13.4. The van der Waals surface area contributed by atoms with Crippen LogP contribution >= 0.6 is 23.1 Å². The third-order valence-electron chi connectivity index (χ3n) is 3.23. The molecule has 7 heteroatoms. The number of thiophene rings is 1. The molecule has 0 atom stereocenters. The molecule has 1 aliphatic rings. The first-order valence-electron chi connectivity index (χ1n) is 5.67. The number of aryl methyl sites for hydroxylation is 1. The molecule has 1 aromatic rings. The Balaban J connectivity index is 2.17. The predicted molar refractivity (Wildman–Crippen MR) is 75.6 cm³/mol. The Bertz CT molecular complexity index is 532. The number of thioether (sulfide) groups is 1. The van der Waals surface area contributed by atoms with Crippen LogP contribution in [0.5, 0.6) is 0 Å². The standard InChI is InChI=1S/C11H17NO3S3/c1-8-6-17-9(5-13)10(8)18(14,15)12-7-11(16-2)3-4-11/h6,12-13H,3-5,7H2,1-2H3. The minimum atomic E-state index is -3.51. The van der Waals surface area contributed by atoms with Gasteiger partial charge in [-0.3, -0.25) is 0 Å². The lowest BCUT2D eigenvalue weighted by Crippen LogP contribution is -2.32. The van der Waals surface area contributed by atoms with E-state index < -0.39 is 10.0 Å². The van der Waals surface area contributed by atoms with E-state index in [1.54, 1.807) is 24.1 Å². The molecule has 4 nitrogen and oxygen atoms in total. The van der Waals surface area contributed by atoms with Gasteiger partial charge in [0, 0.05) is 11.3 Å². The average Bonchev–Trinajstić information content (AvgIpc) is 3.03. The summed E-state index contributed by atoms with van der Waals surface area (Å²) in [5.74, 6) is 0. The van der Waals surface area contributed by atoms with Gasteiger partial charge in [0.1, 0.15) is 4.90 Å². The third-order valence-corrected chi connectivity index (χ3v) is 7.49. The number of nitrogens with one attached hydrogen (secondary N) is 1. The molecule has 0 amide bonds. The van der Waals surface area contributed by atoms with Crippen LogP contribution in [0.1, 0.15) is 23.3 Å². The summed E-state index contributed by atoms with van der Waals surface area (Å²) in [6, 6.07) is 0. The second kappa shape index (κ2) is 5.13. The molecule has 2 N–H and O–H groups in total. The molecule has 0 aliphatic heterocycles. The van der Waals surface area contributed by atoms with E-state index in [1.807, 2.05) is 6.26 Å². The maximum absolute atomic E-state index is 12.3. The maximum atomic E-state index is 12.3. The third kappa shape index (κ3) is 2.75. The van der Waals surface area contributed by atoms with Crippen molar-refractivity contribution in [3.8, 4) is 0 Å². The molecule has 1 aromatic heterocycles. The monoisotopic (exact) mass is 307 g/mol. The van der Waals surface area contributed by atoms with Crippen LogP contribution in [0, 0.1) is 6.92 Å². The molecule has 0 aromatic carbocycles. The lowest BCUT2D eigenvalue weighted by molar-refractivity contribution is 0.282. The van der Waals surface area contributed by atoms with Gasteiger partial charge in [-0.2, -0.15) is 11.8 Å². The summed E-state index contributed by atoms with van der Waals surface area (Å²) >= 11 is 3.00. The molecular weight excluding hydrogens is 290 g/mol. The van der Waals surface area contributed by atoms with Gasteiger partial charge < -0.3 is 5.11 Å². The number of rotatable bonds is 6. The van der Waals surface area contributed by atoms with E-state index >= 15 is 0 Å². The van der Waals surface area contributed by atoms with E-state index in [4.69, 9.17) is 0 Å². The fourth-order valence-electron chi connectivity index (χ4n) is 1.85. The molecule has 1 aliphatic carbocycles. The Hall–Kier alpha value is -0.0800. The van der Waals surface area contributed by atoms with Crippen LogP contribution in [0.4, 0.5) is 0 Å². The first kappa shape index (κ1) is 14.3. The number of hydrogen-bond donors (Lipinski definition) is 2. The molecular formula is C11H17NO3S3. The second-order valence-corrected chi connectivity index (χ2v) is 8.48.